The fraction of sp³-hybridized carbons (Fsp3) is 0.514. The maximum atomic E-state index is 14.4. The van der Waals surface area contributed by atoms with Crippen molar-refractivity contribution < 1.29 is 23.8 Å². The lowest BCUT2D eigenvalue weighted by Crippen LogP contribution is -2.32. The first-order valence-corrected chi connectivity index (χ1v) is 15.3. The van der Waals surface area contributed by atoms with E-state index in [0.29, 0.717) is 25.2 Å². The summed E-state index contributed by atoms with van der Waals surface area (Å²) < 4.78 is 17.5. The molecule has 2 aliphatic carbocycles. The molecule has 0 saturated heterocycles. The van der Waals surface area contributed by atoms with E-state index in [1.165, 1.54) is 18.1 Å². The summed E-state index contributed by atoms with van der Waals surface area (Å²) in [6.45, 7) is 14.4. The Balaban J connectivity index is 2.08. The van der Waals surface area contributed by atoms with Crippen LogP contribution in [0.15, 0.2) is 82.7 Å². The predicted octanol–water partition coefficient (Wildman–Crippen LogP) is 9.01. The standard InChI is InChI=1S/C37H50O5/c1-9-11-28(5)34-32-20-15-27(4)33(42-29(6)38)21-14-25(2)12-10-13-26(3)22-23-37(32,7)36(39)35(34)41-24-30-16-18-31(40-8)19-17-30/h9,11-12,15-19,22,28,32-33H,10,13-14,20-21,23-24H2,1-8H3/b11-9+,25-12+,26-22+,27-15+/t28-,32-,33+,37+/m1/s1. The topological polar surface area (TPSA) is 61.8 Å². The number of methoxy groups -OCH3 is 1. The van der Waals surface area contributed by atoms with Crippen LogP contribution in [0.2, 0.25) is 0 Å². The summed E-state index contributed by atoms with van der Waals surface area (Å²) in [5, 5.41) is 0. The average Bonchev–Trinajstić information content (AvgIpc) is 3.17. The van der Waals surface area contributed by atoms with Crippen molar-refractivity contribution in [3.05, 3.63) is 88.3 Å². The number of hydrogen-bond donors (Lipinski definition) is 0. The Labute approximate surface area is 253 Å². The number of carbonyl (C=O) groups is 2. The van der Waals surface area contributed by atoms with Gasteiger partial charge in [0, 0.05) is 18.3 Å². The summed E-state index contributed by atoms with van der Waals surface area (Å²) in [6.07, 6.45) is 15.5. The van der Waals surface area contributed by atoms with E-state index in [1.807, 2.05) is 44.2 Å². The smallest absolute Gasteiger partial charge is 0.303 e. The Hall–Kier alpha value is -3.34. The Kier molecular flexibility index (Phi) is 12.0. The number of ether oxygens (including phenoxy) is 3. The fourth-order valence-corrected chi connectivity index (χ4v) is 6.13. The Morgan fingerprint density at radius 3 is 2.40 bits per heavy atom. The van der Waals surface area contributed by atoms with E-state index in [4.69, 9.17) is 14.2 Å². The van der Waals surface area contributed by atoms with Gasteiger partial charge in [-0.1, -0.05) is 67.5 Å². The van der Waals surface area contributed by atoms with Crippen molar-refractivity contribution in [3.8, 4) is 5.75 Å². The maximum absolute atomic E-state index is 14.4. The lowest BCUT2D eigenvalue weighted by atomic mass is 9.70. The van der Waals surface area contributed by atoms with Crippen molar-refractivity contribution in [1.82, 2.24) is 0 Å². The second-order valence-corrected chi connectivity index (χ2v) is 12.2. The molecule has 0 amide bonds. The van der Waals surface area contributed by atoms with Gasteiger partial charge in [-0.25, -0.2) is 0 Å². The SMILES string of the molecule is C/C=C/[C@@H](C)C1=C(OCc2ccc(OC)cc2)C(=O)[C@@]2(C)C/C=C(\C)CC/C=C(\C)CC[C@H](OC(C)=O)/C(C)=C/C[C@H]12. The molecule has 0 aromatic heterocycles. The summed E-state index contributed by atoms with van der Waals surface area (Å²) in [5.41, 5.74) is 5.01. The molecule has 1 aromatic carbocycles. The molecule has 5 heteroatoms. The number of allylic oxidation sites excluding steroid dienone is 9. The molecule has 0 N–H and O–H groups in total. The van der Waals surface area contributed by atoms with Crippen LogP contribution < -0.4 is 4.74 Å². The molecular weight excluding hydrogens is 524 g/mol. The molecule has 0 heterocycles. The molecule has 0 fully saturated rings. The van der Waals surface area contributed by atoms with E-state index < -0.39 is 5.41 Å². The number of Topliss-reactive ketones (excluding diaryl/α,β-unsaturated/α-hetero) is 1. The highest BCUT2D eigenvalue weighted by atomic mass is 16.5. The van der Waals surface area contributed by atoms with E-state index in [2.05, 4.69) is 52.0 Å². The Morgan fingerprint density at radius 2 is 1.76 bits per heavy atom. The van der Waals surface area contributed by atoms with Crippen molar-refractivity contribution in [2.45, 2.75) is 99.7 Å². The minimum atomic E-state index is -0.651. The highest BCUT2D eigenvalue weighted by Crippen LogP contribution is 2.52. The van der Waals surface area contributed by atoms with Crippen molar-refractivity contribution in [3.63, 3.8) is 0 Å². The van der Waals surface area contributed by atoms with Crippen LogP contribution in [0, 0.1) is 17.3 Å². The molecular formula is C37H50O5. The van der Waals surface area contributed by atoms with Crippen molar-refractivity contribution in [2.24, 2.45) is 17.3 Å². The molecule has 0 saturated carbocycles. The Bertz CT molecular complexity index is 1260. The number of rotatable bonds is 7. The largest absolute Gasteiger partial charge is 0.497 e. The minimum absolute atomic E-state index is 0.0358. The van der Waals surface area contributed by atoms with E-state index in [-0.39, 0.29) is 29.7 Å². The predicted molar refractivity (Wildman–Crippen MR) is 170 cm³/mol. The third kappa shape index (κ3) is 8.36. The lowest BCUT2D eigenvalue weighted by molar-refractivity contribution is -0.144. The van der Waals surface area contributed by atoms with Gasteiger partial charge in [-0.05, 0) is 101 Å². The quantitative estimate of drug-likeness (QED) is 0.240. The highest BCUT2D eigenvalue weighted by molar-refractivity contribution is 6.02. The van der Waals surface area contributed by atoms with Crippen LogP contribution in [0.3, 0.4) is 0 Å². The first-order valence-electron chi connectivity index (χ1n) is 15.3. The molecule has 0 radical (unpaired) electrons. The second-order valence-electron chi connectivity index (χ2n) is 12.2. The van der Waals surface area contributed by atoms with E-state index in [1.54, 1.807) is 7.11 Å². The van der Waals surface area contributed by atoms with Crippen LogP contribution in [0.5, 0.6) is 5.75 Å². The molecule has 0 aliphatic heterocycles. The fourth-order valence-electron chi connectivity index (χ4n) is 6.13. The van der Waals surface area contributed by atoms with Crippen LogP contribution >= 0.6 is 0 Å². The zero-order valence-electron chi connectivity index (χ0n) is 26.9. The molecule has 228 valence electrons. The van der Waals surface area contributed by atoms with Crippen LogP contribution in [-0.4, -0.2) is 25.0 Å². The van der Waals surface area contributed by atoms with Gasteiger partial charge in [0.05, 0.1) is 7.11 Å². The molecule has 5 nitrogen and oxygen atoms in total. The monoisotopic (exact) mass is 574 g/mol. The van der Waals surface area contributed by atoms with Gasteiger partial charge in [0.25, 0.3) is 0 Å². The van der Waals surface area contributed by atoms with E-state index >= 15 is 0 Å². The summed E-state index contributed by atoms with van der Waals surface area (Å²) in [7, 11) is 1.65. The molecule has 42 heavy (non-hydrogen) atoms. The number of fused-ring (bicyclic) bond motifs is 1. The number of hydrogen-bond acceptors (Lipinski definition) is 5. The van der Waals surface area contributed by atoms with E-state index in [0.717, 1.165) is 48.1 Å². The van der Waals surface area contributed by atoms with Gasteiger partial charge in [0.15, 0.2) is 5.76 Å². The van der Waals surface area contributed by atoms with Gasteiger partial charge in [0.2, 0.25) is 5.78 Å². The van der Waals surface area contributed by atoms with Crippen LogP contribution in [0.4, 0.5) is 0 Å². The third-order valence-corrected chi connectivity index (χ3v) is 8.84. The number of benzene rings is 1. The molecule has 4 atom stereocenters. The molecule has 2 aliphatic rings. The molecule has 0 spiro atoms. The van der Waals surface area contributed by atoms with Crippen LogP contribution in [0.1, 0.15) is 92.6 Å². The second kappa shape index (κ2) is 15.2. The molecule has 0 bridgehead atoms. The van der Waals surface area contributed by atoms with E-state index in [9.17, 15) is 9.59 Å². The maximum Gasteiger partial charge on any atom is 0.303 e. The summed E-state index contributed by atoms with van der Waals surface area (Å²) in [5.74, 6) is 1.06. The first-order chi connectivity index (χ1) is 20.0. The minimum Gasteiger partial charge on any atom is -0.497 e. The Morgan fingerprint density at radius 1 is 1.07 bits per heavy atom. The summed E-state index contributed by atoms with van der Waals surface area (Å²) in [6, 6.07) is 7.76. The van der Waals surface area contributed by atoms with Crippen LogP contribution in [-0.2, 0) is 25.7 Å². The number of esters is 1. The third-order valence-electron chi connectivity index (χ3n) is 8.84. The van der Waals surface area contributed by atoms with Gasteiger partial charge < -0.3 is 14.2 Å². The van der Waals surface area contributed by atoms with Crippen molar-refractivity contribution in [1.29, 1.82) is 0 Å². The van der Waals surface area contributed by atoms with Crippen molar-refractivity contribution in [2.75, 3.05) is 7.11 Å². The lowest BCUT2D eigenvalue weighted by Gasteiger charge is -2.32. The van der Waals surface area contributed by atoms with Crippen molar-refractivity contribution >= 4 is 11.8 Å². The van der Waals surface area contributed by atoms with Gasteiger partial charge in [-0.3, -0.25) is 9.59 Å². The summed E-state index contributed by atoms with van der Waals surface area (Å²) >= 11 is 0. The summed E-state index contributed by atoms with van der Waals surface area (Å²) in [4.78, 5) is 26.4. The normalized spacial score (nSPS) is 28.8. The van der Waals surface area contributed by atoms with Gasteiger partial charge in [0.1, 0.15) is 18.5 Å². The number of ketones is 1. The molecule has 0 unspecified atom stereocenters. The van der Waals surface area contributed by atoms with Gasteiger partial charge in [-0.2, -0.15) is 0 Å². The van der Waals surface area contributed by atoms with Crippen LogP contribution in [0.25, 0.3) is 0 Å². The zero-order chi connectivity index (χ0) is 30.9. The number of carbonyl (C=O) groups excluding carboxylic acids is 2. The zero-order valence-corrected chi connectivity index (χ0v) is 26.9. The highest BCUT2D eigenvalue weighted by Gasteiger charge is 2.52. The average molecular weight is 575 g/mol. The van der Waals surface area contributed by atoms with Gasteiger partial charge >= 0.3 is 5.97 Å². The van der Waals surface area contributed by atoms with Gasteiger partial charge in [-0.15, -0.1) is 0 Å². The molecule has 1 aromatic rings. The first kappa shape index (κ1) is 33.2. The molecule has 3 rings (SSSR count).